The molecule has 1 amide bonds. The van der Waals surface area contributed by atoms with Gasteiger partial charge < -0.3 is 10.1 Å². The van der Waals surface area contributed by atoms with E-state index < -0.39 is 0 Å². The Balaban J connectivity index is 2.82. The van der Waals surface area contributed by atoms with Crippen molar-refractivity contribution in [1.82, 2.24) is 5.32 Å². The van der Waals surface area contributed by atoms with Gasteiger partial charge in [-0.1, -0.05) is 28.9 Å². The first-order valence-electron chi connectivity index (χ1n) is 5.63. The Morgan fingerprint density at radius 2 is 2.24 bits per heavy atom. The maximum Gasteiger partial charge on any atom is 0.251 e. The van der Waals surface area contributed by atoms with Crippen molar-refractivity contribution in [2.45, 2.75) is 26.3 Å². The molecular weight excluding hydrogens is 282 g/mol. The maximum absolute atomic E-state index is 12.0. The summed E-state index contributed by atoms with van der Waals surface area (Å²) in [7, 11) is 1.61. The molecule has 17 heavy (non-hydrogen) atoms. The van der Waals surface area contributed by atoms with E-state index in [2.05, 4.69) is 21.2 Å². The van der Waals surface area contributed by atoms with Gasteiger partial charge in [0.2, 0.25) is 0 Å². The molecule has 94 valence electrons. The van der Waals surface area contributed by atoms with E-state index >= 15 is 0 Å². The van der Waals surface area contributed by atoms with Gasteiger partial charge in [-0.2, -0.15) is 0 Å². The molecule has 1 atom stereocenters. The smallest absolute Gasteiger partial charge is 0.251 e. The van der Waals surface area contributed by atoms with Crippen molar-refractivity contribution in [1.29, 1.82) is 0 Å². The van der Waals surface area contributed by atoms with Crippen molar-refractivity contribution in [3.05, 3.63) is 29.3 Å². The number of rotatable bonds is 5. The molecule has 1 aromatic rings. The Labute approximate surface area is 111 Å². The number of amides is 1. The second kappa shape index (κ2) is 6.64. The second-order valence-corrected chi connectivity index (χ2v) is 4.56. The predicted octanol–water partition coefficient (Wildman–Crippen LogP) is 2.91. The lowest BCUT2D eigenvalue weighted by Crippen LogP contribution is -2.35. The maximum atomic E-state index is 12.0. The number of carbonyl (C=O) groups excluding carboxylic acids is 1. The lowest BCUT2D eigenvalue weighted by atomic mass is 10.1. The molecule has 1 aromatic carbocycles. The van der Waals surface area contributed by atoms with Gasteiger partial charge in [0.1, 0.15) is 5.75 Å². The highest BCUT2D eigenvalue weighted by Crippen LogP contribution is 2.19. The summed E-state index contributed by atoms with van der Waals surface area (Å²) in [5.41, 5.74) is 1.66. The molecule has 0 aliphatic carbocycles. The minimum atomic E-state index is -0.0606. The van der Waals surface area contributed by atoms with Gasteiger partial charge in [0.25, 0.3) is 5.91 Å². The third-order valence-corrected chi connectivity index (χ3v) is 3.47. The van der Waals surface area contributed by atoms with Crippen LogP contribution in [-0.4, -0.2) is 24.4 Å². The van der Waals surface area contributed by atoms with E-state index in [4.69, 9.17) is 4.74 Å². The lowest BCUT2D eigenvalue weighted by molar-refractivity contribution is 0.0940. The fourth-order valence-electron chi connectivity index (χ4n) is 1.48. The Morgan fingerprint density at radius 1 is 1.53 bits per heavy atom. The lowest BCUT2D eigenvalue weighted by Gasteiger charge is -2.14. The summed E-state index contributed by atoms with van der Waals surface area (Å²) in [6.07, 6.45) is 0.903. The minimum Gasteiger partial charge on any atom is -0.496 e. The number of carbonyl (C=O) groups is 1. The summed E-state index contributed by atoms with van der Waals surface area (Å²) >= 11 is 3.38. The molecular formula is C13H18BrNO2. The largest absolute Gasteiger partial charge is 0.496 e. The number of hydrogen-bond acceptors (Lipinski definition) is 2. The highest BCUT2D eigenvalue weighted by molar-refractivity contribution is 9.09. The normalized spacial score (nSPS) is 12.0. The van der Waals surface area contributed by atoms with Crippen LogP contribution in [0.3, 0.4) is 0 Å². The second-order valence-electron chi connectivity index (χ2n) is 3.92. The Morgan fingerprint density at radius 3 is 2.76 bits per heavy atom. The average molecular weight is 300 g/mol. The van der Waals surface area contributed by atoms with Crippen LogP contribution in [-0.2, 0) is 0 Å². The summed E-state index contributed by atoms with van der Waals surface area (Å²) in [5, 5.41) is 3.72. The first kappa shape index (κ1) is 14.0. The fourth-order valence-corrected chi connectivity index (χ4v) is 2.10. The monoisotopic (exact) mass is 299 g/mol. The number of alkyl halides is 1. The van der Waals surface area contributed by atoms with E-state index in [0.29, 0.717) is 5.56 Å². The van der Waals surface area contributed by atoms with E-state index in [9.17, 15) is 4.79 Å². The molecule has 0 aliphatic heterocycles. The van der Waals surface area contributed by atoms with Crippen molar-refractivity contribution >= 4 is 21.8 Å². The first-order chi connectivity index (χ1) is 8.12. The number of aryl methyl sites for hydroxylation is 1. The van der Waals surface area contributed by atoms with Crippen LogP contribution in [0.5, 0.6) is 5.75 Å². The number of halogens is 1. The molecule has 0 radical (unpaired) electrons. The van der Waals surface area contributed by atoms with Crippen LogP contribution >= 0.6 is 15.9 Å². The first-order valence-corrected chi connectivity index (χ1v) is 6.76. The molecule has 0 aliphatic rings. The van der Waals surface area contributed by atoms with E-state index in [1.54, 1.807) is 13.2 Å². The molecule has 0 spiro atoms. The van der Waals surface area contributed by atoms with Crippen LogP contribution in [0.2, 0.25) is 0 Å². The fraction of sp³-hybridized carbons (Fsp3) is 0.462. The van der Waals surface area contributed by atoms with Gasteiger partial charge >= 0.3 is 0 Å². The molecule has 1 unspecified atom stereocenters. The van der Waals surface area contributed by atoms with E-state index in [0.717, 1.165) is 23.1 Å². The number of hydrogen-bond donors (Lipinski definition) is 1. The van der Waals surface area contributed by atoms with Gasteiger partial charge in [0, 0.05) is 16.9 Å². The van der Waals surface area contributed by atoms with Crippen molar-refractivity contribution < 1.29 is 9.53 Å². The standard InChI is InChI=1S/C13H18BrNO2/c1-4-11(8-14)15-13(16)10-6-5-9(2)12(7-10)17-3/h5-7,11H,4,8H2,1-3H3,(H,15,16). The van der Waals surface area contributed by atoms with E-state index in [1.807, 2.05) is 26.0 Å². The third-order valence-electron chi connectivity index (χ3n) is 2.68. The highest BCUT2D eigenvalue weighted by Gasteiger charge is 2.12. The van der Waals surface area contributed by atoms with Crippen LogP contribution in [0.25, 0.3) is 0 Å². The van der Waals surface area contributed by atoms with Crippen molar-refractivity contribution in [2.24, 2.45) is 0 Å². The van der Waals surface area contributed by atoms with Crippen molar-refractivity contribution in [2.75, 3.05) is 12.4 Å². The van der Waals surface area contributed by atoms with Crippen LogP contribution in [0.4, 0.5) is 0 Å². The predicted molar refractivity (Wildman–Crippen MR) is 73.1 cm³/mol. The average Bonchev–Trinajstić information content (AvgIpc) is 2.36. The van der Waals surface area contributed by atoms with Gasteiger partial charge in [-0.3, -0.25) is 4.79 Å². The Bertz CT molecular complexity index is 389. The quantitative estimate of drug-likeness (QED) is 0.849. The number of methoxy groups -OCH3 is 1. The molecule has 0 fully saturated rings. The summed E-state index contributed by atoms with van der Waals surface area (Å²) < 4.78 is 5.20. The summed E-state index contributed by atoms with van der Waals surface area (Å²) in [5.74, 6) is 0.680. The molecule has 3 nitrogen and oxygen atoms in total. The molecule has 0 aromatic heterocycles. The van der Waals surface area contributed by atoms with E-state index in [1.165, 1.54) is 0 Å². The molecule has 0 heterocycles. The molecule has 0 bridgehead atoms. The number of ether oxygens (including phenoxy) is 1. The number of benzene rings is 1. The molecule has 1 rings (SSSR count). The zero-order valence-corrected chi connectivity index (χ0v) is 12.0. The van der Waals surface area contributed by atoms with E-state index in [-0.39, 0.29) is 11.9 Å². The number of nitrogens with one attached hydrogen (secondary N) is 1. The van der Waals surface area contributed by atoms with Crippen molar-refractivity contribution in [3.63, 3.8) is 0 Å². The third kappa shape index (κ3) is 3.73. The van der Waals surface area contributed by atoms with Crippen LogP contribution in [0.15, 0.2) is 18.2 Å². The van der Waals surface area contributed by atoms with Crippen LogP contribution in [0, 0.1) is 6.92 Å². The van der Waals surface area contributed by atoms with Gasteiger partial charge in [-0.15, -0.1) is 0 Å². The molecule has 0 saturated carbocycles. The summed E-state index contributed by atoms with van der Waals surface area (Å²) in [4.78, 5) is 12.0. The van der Waals surface area contributed by atoms with Gasteiger partial charge in [0.15, 0.2) is 0 Å². The molecule has 1 N–H and O–H groups in total. The SMILES string of the molecule is CCC(CBr)NC(=O)c1ccc(C)c(OC)c1. The summed E-state index contributed by atoms with van der Waals surface area (Å²) in [6.45, 7) is 4.00. The van der Waals surface area contributed by atoms with Gasteiger partial charge in [0.05, 0.1) is 7.11 Å². The zero-order valence-electron chi connectivity index (χ0n) is 10.4. The van der Waals surface area contributed by atoms with Crippen LogP contribution < -0.4 is 10.1 Å². The van der Waals surface area contributed by atoms with Gasteiger partial charge in [-0.25, -0.2) is 0 Å². The minimum absolute atomic E-state index is 0.0606. The van der Waals surface area contributed by atoms with Crippen molar-refractivity contribution in [3.8, 4) is 5.75 Å². The molecule has 4 heteroatoms. The molecule has 0 saturated heterocycles. The topological polar surface area (TPSA) is 38.3 Å². The van der Waals surface area contributed by atoms with Crippen LogP contribution in [0.1, 0.15) is 29.3 Å². The Kier molecular flexibility index (Phi) is 5.48. The Hall–Kier alpha value is -1.03. The highest BCUT2D eigenvalue weighted by atomic mass is 79.9. The zero-order chi connectivity index (χ0) is 12.8. The summed E-state index contributed by atoms with van der Waals surface area (Å²) in [6, 6.07) is 5.64. The van der Waals surface area contributed by atoms with Gasteiger partial charge in [-0.05, 0) is 31.0 Å².